The number of anilines is 3. The van der Waals surface area contributed by atoms with E-state index in [-0.39, 0.29) is 0 Å². The minimum Gasteiger partial charge on any atom is -0.294 e. The van der Waals surface area contributed by atoms with E-state index < -0.39 is 0 Å². The van der Waals surface area contributed by atoms with Gasteiger partial charge in [-0.1, -0.05) is 115 Å². The summed E-state index contributed by atoms with van der Waals surface area (Å²) in [6.07, 6.45) is 1.95. The Bertz CT molecular complexity index is 2490. The minimum atomic E-state index is 0.945. The molecule has 0 radical (unpaired) electrons. The molecule has 0 aliphatic heterocycles. The Labute approximate surface area is 259 Å². The molecule has 0 amide bonds. The molecule has 0 N–H and O–H groups in total. The highest BCUT2D eigenvalue weighted by molar-refractivity contribution is 7.26. The summed E-state index contributed by atoms with van der Waals surface area (Å²) < 4.78 is 2.46. The topological polar surface area (TPSA) is 16.1 Å². The van der Waals surface area contributed by atoms with E-state index in [9.17, 15) is 0 Å². The van der Waals surface area contributed by atoms with E-state index in [0.29, 0.717) is 0 Å². The van der Waals surface area contributed by atoms with Crippen LogP contribution in [-0.2, 0) is 0 Å². The summed E-state index contributed by atoms with van der Waals surface area (Å²) in [6.45, 7) is 0. The monoisotopic (exact) mass is 578 g/mol. The lowest BCUT2D eigenvalue weighted by Gasteiger charge is -2.25. The molecule has 0 unspecified atom stereocenters. The largest absolute Gasteiger partial charge is 0.294 e. The predicted octanol–water partition coefficient (Wildman–Crippen LogP) is 12.0. The van der Waals surface area contributed by atoms with E-state index in [2.05, 4.69) is 157 Å². The smallest absolute Gasteiger partial charge is 0.155 e. The van der Waals surface area contributed by atoms with E-state index in [4.69, 9.17) is 4.98 Å². The van der Waals surface area contributed by atoms with Crippen LogP contribution >= 0.6 is 11.3 Å². The van der Waals surface area contributed by atoms with Crippen molar-refractivity contribution in [3.63, 3.8) is 0 Å². The molecule has 0 aliphatic rings. The van der Waals surface area contributed by atoms with Crippen molar-refractivity contribution in [3.8, 4) is 11.1 Å². The van der Waals surface area contributed by atoms with E-state index in [0.717, 1.165) is 17.2 Å². The lowest BCUT2D eigenvalue weighted by atomic mass is 9.96. The third kappa shape index (κ3) is 3.98. The minimum absolute atomic E-state index is 0.945. The van der Waals surface area contributed by atoms with Crippen LogP contribution in [0.15, 0.2) is 158 Å². The quantitative estimate of drug-likeness (QED) is 0.193. The summed E-state index contributed by atoms with van der Waals surface area (Å²) in [5.41, 5.74) is 4.56. The zero-order valence-electron chi connectivity index (χ0n) is 23.8. The lowest BCUT2D eigenvalue weighted by Crippen LogP contribution is -2.11. The highest BCUT2D eigenvalue weighted by Crippen LogP contribution is 2.45. The van der Waals surface area contributed by atoms with Gasteiger partial charge in [-0.25, -0.2) is 4.98 Å². The Morgan fingerprint density at radius 2 is 1.09 bits per heavy atom. The maximum Gasteiger partial charge on any atom is 0.155 e. The number of hydrogen-bond acceptors (Lipinski definition) is 3. The van der Waals surface area contributed by atoms with E-state index in [1.54, 1.807) is 0 Å². The SMILES string of the molecule is c1ccc(-c2ccc(N(c3ccc4ccc5ccc6ccccc6c5c4c3)c3nccc4c3sc3ccccc34)cc2)cc1. The number of pyridine rings is 1. The van der Waals surface area contributed by atoms with E-state index in [1.165, 1.54) is 63.6 Å². The molecular formula is C41H26N2S. The van der Waals surface area contributed by atoms with Crippen LogP contribution in [0.4, 0.5) is 17.2 Å². The van der Waals surface area contributed by atoms with Gasteiger partial charge in [-0.15, -0.1) is 11.3 Å². The number of hydrogen-bond donors (Lipinski definition) is 0. The fraction of sp³-hybridized carbons (Fsp3) is 0. The van der Waals surface area contributed by atoms with Gasteiger partial charge in [-0.3, -0.25) is 4.90 Å². The number of rotatable bonds is 4. The molecule has 2 aromatic heterocycles. The second-order valence-electron chi connectivity index (χ2n) is 11.2. The van der Waals surface area contributed by atoms with Crippen LogP contribution in [0.3, 0.4) is 0 Å². The molecule has 3 heteroatoms. The number of aromatic nitrogens is 1. The molecule has 0 bridgehead atoms. The average molecular weight is 579 g/mol. The summed E-state index contributed by atoms with van der Waals surface area (Å²) in [7, 11) is 0. The molecule has 9 rings (SSSR count). The van der Waals surface area contributed by atoms with Gasteiger partial charge in [0.15, 0.2) is 5.82 Å². The summed E-state index contributed by atoms with van der Waals surface area (Å²) >= 11 is 1.81. The van der Waals surface area contributed by atoms with Crippen molar-refractivity contribution in [2.75, 3.05) is 4.90 Å². The van der Waals surface area contributed by atoms with Gasteiger partial charge in [-0.2, -0.15) is 0 Å². The number of benzene rings is 7. The first kappa shape index (κ1) is 25.0. The molecular weight excluding hydrogens is 553 g/mol. The van der Waals surface area contributed by atoms with Crippen LogP contribution in [0.5, 0.6) is 0 Å². The second-order valence-corrected chi connectivity index (χ2v) is 12.3. The first-order valence-corrected chi connectivity index (χ1v) is 15.7. The first-order chi connectivity index (χ1) is 21.8. The number of nitrogens with zero attached hydrogens (tertiary/aromatic N) is 2. The van der Waals surface area contributed by atoms with Gasteiger partial charge in [0.25, 0.3) is 0 Å². The second kappa shape index (κ2) is 10.0. The molecule has 0 saturated heterocycles. The summed E-state index contributed by atoms with van der Waals surface area (Å²) in [4.78, 5) is 7.39. The van der Waals surface area contributed by atoms with Crippen molar-refractivity contribution in [2.24, 2.45) is 0 Å². The molecule has 0 spiro atoms. The third-order valence-electron chi connectivity index (χ3n) is 8.69. The number of fused-ring (bicyclic) bond motifs is 8. The Hall–Kier alpha value is -5.51. The third-order valence-corrected chi connectivity index (χ3v) is 9.87. The van der Waals surface area contributed by atoms with Crippen LogP contribution in [0.2, 0.25) is 0 Å². The molecule has 44 heavy (non-hydrogen) atoms. The zero-order valence-corrected chi connectivity index (χ0v) is 24.6. The van der Waals surface area contributed by atoms with Crippen LogP contribution in [0.1, 0.15) is 0 Å². The Balaban J connectivity index is 1.31. The standard InChI is InChI=1S/C41H26N2S/c1-2-8-27(9-3-1)28-18-21-32(22-19-28)43(41-40-36(24-25-42-41)35-12-6-7-13-38(35)44-40)33-23-20-30-15-17-31-16-14-29-10-4-5-11-34(29)39(31)37(30)26-33/h1-26H. The highest BCUT2D eigenvalue weighted by atomic mass is 32.1. The van der Waals surface area contributed by atoms with E-state index >= 15 is 0 Å². The van der Waals surface area contributed by atoms with Crippen molar-refractivity contribution < 1.29 is 0 Å². The number of thiophene rings is 1. The van der Waals surface area contributed by atoms with Crippen LogP contribution in [0, 0.1) is 0 Å². The maximum absolute atomic E-state index is 5.06. The normalized spacial score (nSPS) is 11.6. The molecule has 2 heterocycles. The lowest BCUT2D eigenvalue weighted by molar-refractivity contribution is 1.21. The average Bonchev–Trinajstić information content (AvgIpc) is 3.48. The van der Waals surface area contributed by atoms with Gasteiger partial charge in [0.1, 0.15) is 0 Å². The van der Waals surface area contributed by atoms with E-state index in [1.807, 2.05) is 17.5 Å². The fourth-order valence-corrected chi connectivity index (χ4v) is 7.75. The fourth-order valence-electron chi connectivity index (χ4n) is 6.58. The molecule has 206 valence electrons. The van der Waals surface area contributed by atoms with Gasteiger partial charge < -0.3 is 0 Å². The Kier molecular flexibility index (Phi) is 5.71. The highest BCUT2D eigenvalue weighted by Gasteiger charge is 2.20. The first-order valence-electron chi connectivity index (χ1n) is 14.9. The van der Waals surface area contributed by atoms with Crippen molar-refractivity contribution in [3.05, 3.63) is 158 Å². The van der Waals surface area contributed by atoms with Gasteiger partial charge in [0, 0.05) is 33.0 Å². The van der Waals surface area contributed by atoms with Crippen molar-refractivity contribution >= 4 is 81.0 Å². The van der Waals surface area contributed by atoms with Crippen molar-refractivity contribution in [1.29, 1.82) is 0 Å². The van der Waals surface area contributed by atoms with Gasteiger partial charge in [0.2, 0.25) is 0 Å². The summed E-state index contributed by atoms with van der Waals surface area (Å²) in [5, 5.41) is 10.0. The Morgan fingerprint density at radius 1 is 0.455 bits per heavy atom. The van der Waals surface area contributed by atoms with Gasteiger partial charge >= 0.3 is 0 Å². The van der Waals surface area contributed by atoms with Crippen LogP contribution < -0.4 is 4.90 Å². The summed E-state index contributed by atoms with van der Waals surface area (Å²) in [5.74, 6) is 0.945. The predicted molar refractivity (Wildman–Crippen MR) is 190 cm³/mol. The molecule has 0 fully saturated rings. The van der Waals surface area contributed by atoms with Gasteiger partial charge in [0.05, 0.1) is 4.70 Å². The molecule has 2 nitrogen and oxygen atoms in total. The van der Waals surface area contributed by atoms with Crippen LogP contribution in [0.25, 0.3) is 63.6 Å². The molecule has 0 saturated carbocycles. The van der Waals surface area contributed by atoms with Crippen LogP contribution in [-0.4, -0.2) is 4.98 Å². The molecule has 9 aromatic rings. The maximum atomic E-state index is 5.06. The Morgan fingerprint density at radius 3 is 1.93 bits per heavy atom. The zero-order chi connectivity index (χ0) is 29.0. The van der Waals surface area contributed by atoms with Crippen molar-refractivity contribution in [1.82, 2.24) is 4.98 Å². The van der Waals surface area contributed by atoms with Crippen molar-refractivity contribution in [2.45, 2.75) is 0 Å². The molecule has 0 aliphatic carbocycles. The summed E-state index contributed by atoms with van der Waals surface area (Å²) in [6, 6.07) is 54.7. The molecule has 0 atom stereocenters. The molecule has 7 aromatic carbocycles. The van der Waals surface area contributed by atoms with Gasteiger partial charge in [-0.05, 0) is 79.8 Å².